The van der Waals surface area contributed by atoms with E-state index >= 15 is 0 Å². The molecule has 0 saturated carbocycles. The summed E-state index contributed by atoms with van der Waals surface area (Å²) >= 11 is 0. The van der Waals surface area contributed by atoms with Gasteiger partial charge in [-0.25, -0.2) is 0 Å². The lowest BCUT2D eigenvalue weighted by atomic mass is 10.2. The van der Waals surface area contributed by atoms with Crippen molar-refractivity contribution in [1.29, 1.82) is 0 Å². The highest BCUT2D eigenvalue weighted by Crippen LogP contribution is 2.11. The Morgan fingerprint density at radius 1 is 0.826 bits per heavy atom. The number of rotatable bonds is 10. The molecule has 0 fully saturated rings. The van der Waals surface area contributed by atoms with Crippen LogP contribution in [-0.2, 0) is 4.43 Å². The minimum Gasteiger partial charge on any atom is -0.405 e. The Balaban J connectivity index is 2.16. The first-order valence-corrected chi connectivity index (χ1v) is 10.7. The number of hydrogen-bond acceptors (Lipinski definition) is 1. The van der Waals surface area contributed by atoms with Gasteiger partial charge >= 0.3 is 0 Å². The van der Waals surface area contributed by atoms with Gasteiger partial charge in [0.1, 0.15) is 0 Å². The van der Waals surface area contributed by atoms with Gasteiger partial charge in [-0.15, -0.1) is 6.58 Å². The molecule has 0 aliphatic heterocycles. The Morgan fingerprint density at radius 2 is 1.35 bits per heavy atom. The van der Waals surface area contributed by atoms with Crippen LogP contribution in [0.3, 0.4) is 0 Å². The van der Waals surface area contributed by atoms with Gasteiger partial charge in [-0.05, 0) is 16.8 Å². The van der Waals surface area contributed by atoms with Crippen LogP contribution in [0.1, 0.15) is 39.0 Å². The fraction of sp³-hybridized carbons (Fsp3) is 0.333. The third-order valence-electron chi connectivity index (χ3n) is 4.27. The molecule has 0 N–H and O–H groups in total. The summed E-state index contributed by atoms with van der Waals surface area (Å²) in [6.07, 6.45) is 6.28. The number of unbranched alkanes of at least 4 members (excludes halogenated alkanes) is 4. The summed E-state index contributed by atoms with van der Waals surface area (Å²) in [6.45, 7) is 7.21. The van der Waals surface area contributed by atoms with Gasteiger partial charge in [-0.1, -0.05) is 99.0 Å². The quantitative estimate of drug-likeness (QED) is 0.463. The summed E-state index contributed by atoms with van der Waals surface area (Å²) < 4.78 is 6.55. The fourth-order valence-corrected chi connectivity index (χ4v) is 6.04. The Bertz CT molecular complexity index is 525. The lowest BCUT2D eigenvalue weighted by Gasteiger charge is -2.29. The van der Waals surface area contributed by atoms with E-state index in [1.807, 2.05) is 0 Å². The standard InChI is InChI=1S/C21H28OSi/c1-3-5-6-7-14-19-22-23(4-2,20-15-10-8-11-16-20)21-17-12-9-13-18-21/h4,8-13,15-18H,2-3,5-7,14,19H2,1H3. The van der Waals surface area contributed by atoms with Crippen LogP contribution in [0.25, 0.3) is 0 Å². The third-order valence-corrected chi connectivity index (χ3v) is 7.89. The van der Waals surface area contributed by atoms with E-state index in [-0.39, 0.29) is 0 Å². The molecule has 23 heavy (non-hydrogen) atoms. The molecular weight excluding hydrogens is 296 g/mol. The molecular formula is C21H28OSi. The zero-order valence-corrected chi connectivity index (χ0v) is 15.2. The van der Waals surface area contributed by atoms with E-state index in [9.17, 15) is 0 Å². The summed E-state index contributed by atoms with van der Waals surface area (Å²) in [7, 11) is -2.33. The Labute approximate surface area is 142 Å². The summed E-state index contributed by atoms with van der Waals surface area (Å²) in [4.78, 5) is 0. The topological polar surface area (TPSA) is 9.23 Å². The number of benzene rings is 2. The van der Waals surface area contributed by atoms with Crippen molar-refractivity contribution in [3.8, 4) is 0 Å². The highest BCUT2D eigenvalue weighted by atomic mass is 28.4. The van der Waals surface area contributed by atoms with Crippen LogP contribution in [0.4, 0.5) is 0 Å². The maximum Gasteiger partial charge on any atom is 0.280 e. The summed E-state index contributed by atoms with van der Waals surface area (Å²) in [6, 6.07) is 21.2. The van der Waals surface area contributed by atoms with Crippen LogP contribution in [-0.4, -0.2) is 14.9 Å². The molecule has 0 aliphatic rings. The van der Waals surface area contributed by atoms with E-state index in [4.69, 9.17) is 4.43 Å². The van der Waals surface area contributed by atoms with Gasteiger partial charge in [0.15, 0.2) is 0 Å². The molecule has 2 aromatic rings. The van der Waals surface area contributed by atoms with Gasteiger partial charge < -0.3 is 4.43 Å². The van der Waals surface area contributed by atoms with E-state index < -0.39 is 8.32 Å². The van der Waals surface area contributed by atoms with Crippen LogP contribution in [0, 0.1) is 0 Å². The van der Waals surface area contributed by atoms with Crippen LogP contribution >= 0.6 is 0 Å². The second-order valence-electron chi connectivity index (χ2n) is 5.93. The molecule has 122 valence electrons. The minimum absolute atomic E-state index is 0.811. The molecule has 2 heteroatoms. The second-order valence-corrected chi connectivity index (χ2v) is 9.26. The lowest BCUT2D eigenvalue weighted by molar-refractivity contribution is 0.309. The zero-order valence-electron chi connectivity index (χ0n) is 14.2. The summed E-state index contributed by atoms with van der Waals surface area (Å²) in [5, 5.41) is 2.55. The summed E-state index contributed by atoms with van der Waals surface area (Å²) in [5.74, 6) is 0. The van der Waals surface area contributed by atoms with Gasteiger partial charge in [-0.2, -0.15) is 0 Å². The molecule has 2 rings (SSSR count). The normalized spacial score (nSPS) is 11.3. The molecule has 0 saturated heterocycles. The SMILES string of the molecule is C=C[Si](OCCCCCCC)(c1ccccc1)c1ccccc1. The van der Waals surface area contributed by atoms with Crippen LogP contribution in [0.2, 0.25) is 0 Å². The monoisotopic (exact) mass is 324 g/mol. The van der Waals surface area contributed by atoms with Crippen molar-refractivity contribution in [2.75, 3.05) is 6.61 Å². The van der Waals surface area contributed by atoms with E-state index in [0.29, 0.717) is 0 Å². The van der Waals surface area contributed by atoms with Crippen LogP contribution < -0.4 is 10.4 Å². The zero-order chi connectivity index (χ0) is 16.4. The molecule has 0 aromatic heterocycles. The minimum atomic E-state index is -2.33. The van der Waals surface area contributed by atoms with Crippen molar-refractivity contribution in [3.63, 3.8) is 0 Å². The van der Waals surface area contributed by atoms with Gasteiger partial charge in [0.25, 0.3) is 8.32 Å². The molecule has 0 amide bonds. The van der Waals surface area contributed by atoms with E-state index in [2.05, 4.69) is 79.9 Å². The highest BCUT2D eigenvalue weighted by Gasteiger charge is 2.36. The van der Waals surface area contributed by atoms with E-state index in [1.54, 1.807) is 0 Å². The smallest absolute Gasteiger partial charge is 0.280 e. The molecule has 1 nitrogen and oxygen atoms in total. The van der Waals surface area contributed by atoms with Crippen molar-refractivity contribution in [3.05, 3.63) is 72.9 Å². The van der Waals surface area contributed by atoms with E-state index in [0.717, 1.165) is 13.0 Å². The van der Waals surface area contributed by atoms with Crippen molar-refractivity contribution in [1.82, 2.24) is 0 Å². The Hall–Kier alpha value is -1.64. The lowest BCUT2D eigenvalue weighted by Crippen LogP contribution is -2.59. The van der Waals surface area contributed by atoms with E-state index in [1.165, 1.54) is 36.1 Å². The van der Waals surface area contributed by atoms with Crippen molar-refractivity contribution in [2.24, 2.45) is 0 Å². The van der Waals surface area contributed by atoms with Gasteiger partial charge in [0.05, 0.1) is 0 Å². The molecule has 0 bridgehead atoms. The molecule has 0 unspecified atom stereocenters. The maximum atomic E-state index is 6.55. The molecule has 0 atom stereocenters. The second kappa shape index (κ2) is 9.49. The molecule has 0 spiro atoms. The van der Waals surface area contributed by atoms with Gasteiger partial charge in [-0.3, -0.25) is 0 Å². The Kier molecular flexibility index (Phi) is 7.30. The largest absolute Gasteiger partial charge is 0.405 e. The average molecular weight is 325 g/mol. The van der Waals surface area contributed by atoms with Crippen molar-refractivity contribution in [2.45, 2.75) is 39.0 Å². The predicted octanol–water partition coefficient (Wildman–Crippen LogP) is 4.46. The van der Waals surface area contributed by atoms with Crippen molar-refractivity contribution >= 4 is 18.7 Å². The molecule has 0 heterocycles. The average Bonchev–Trinajstić information content (AvgIpc) is 2.63. The third kappa shape index (κ3) is 4.66. The number of hydrogen-bond donors (Lipinski definition) is 0. The summed E-state index contributed by atoms with van der Waals surface area (Å²) in [5.41, 5.74) is 2.07. The Morgan fingerprint density at radius 3 is 1.83 bits per heavy atom. The maximum absolute atomic E-state index is 6.55. The van der Waals surface area contributed by atoms with Gasteiger partial charge in [0, 0.05) is 6.61 Å². The first kappa shape index (κ1) is 17.7. The first-order chi connectivity index (χ1) is 11.3. The molecule has 2 aromatic carbocycles. The highest BCUT2D eigenvalue weighted by molar-refractivity contribution is 7.01. The predicted molar refractivity (Wildman–Crippen MR) is 103 cm³/mol. The van der Waals surface area contributed by atoms with Crippen molar-refractivity contribution < 1.29 is 4.43 Å². The fourth-order valence-electron chi connectivity index (χ4n) is 2.94. The van der Waals surface area contributed by atoms with Crippen LogP contribution in [0.5, 0.6) is 0 Å². The molecule has 0 aliphatic carbocycles. The van der Waals surface area contributed by atoms with Crippen LogP contribution in [0.15, 0.2) is 72.9 Å². The first-order valence-electron chi connectivity index (χ1n) is 8.72. The molecule has 0 radical (unpaired) electrons. The van der Waals surface area contributed by atoms with Gasteiger partial charge in [0.2, 0.25) is 0 Å².